The molecule has 0 aliphatic carbocycles. The molecule has 0 aromatic carbocycles. The van der Waals surface area contributed by atoms with Gasteiger partial charge in [-0.3, -0.25) is 14.6 Å². The Kier molecular flexibility index (Phi) is 5.63. The number of aromatic nitrogens is 7. The van der Waals surface area contributed by atoms with Crippen LogP contribution >= 0.6 is 0 Å². The monoisotopic (exact) mass is 472 g/mol. The summed E-state index contributed by atoms with van der Waals surface area (Å²) in [5.41, 5.74) is -0.162. The van der Waals surface area contributed by atoms with Gasteiger partial charge in [-0.15, -0.1) is 5.10 Å². The smallest absolute Gasteiger partial charge is 0.326 e. The van der Waals surface area contributed by atoms with Gasteiger partial charge in [-0.25, -0.2) is 14.6 Å². The fraction of sp³-hybridized carbons (Fsp3) is 0.286. The predicted molar refractivity (Wildman–Crippen MR) is 114 cm³/mol. The number of carbonyl (C=O) groups is 2. The molecule has 4 aromatic rings. The highest BCUT2D eigenvalue weighted by atomic mass is 19.4. The molecule has 0 unspecified atom stereocenters. The number of hydrogen-bond donors (Lipinski definition) is 1. The maximum Gasteiger partial charge on any atom is 0.436 e. The van der Waals surface area contributed by atoms with E-state index in [4.69, 9.17) is 0 Å². The van der Waals surface area contributed by atoms with Crippen LogP contribution in [0, 0.1) is 0 Å². The zero-order valence-corrected chi connectivity index (χ0v) is 18.3. The zero-order chi connectivity index (χ0) is 24.7. The summed E-state index contributed by atoms with van der Waals surface area (Å²) in [6, 6.07) is 1.43. The summed E-state index contributed by atoms with van der Waals surface area (Å²) in [7, 11) is 0. The van der Waals surface area contributed by atoms with Crippen molar-refractivity contribution in [2.24, 2.45) is 0 Å². The van der Waals surface area contributed by atoms with Gasteiger partial charge in [-0.2, -0.15) is 13.2 Å². The SMILES string of the molecule is CC(C)(C)n1cc(C(=O)c2cncc(NC(=O)Cn3cc(C(F)(F)F)nn3)c2)c2cncnc21. The van der Waals surface area contributed by atoms with Gasteiger partial charge in [0.15, 0.2) is 11.5 Å². The van der Waals surface area contributed by atoms with Crippen molar-refractivity contribution in [2.75, 3.05) is 5.32 Å². The van der Waals surface area contributed by atoms with Crippen molar-refractivity contribution >= 4 is 28.4 Å². The molecule has 0 saturated carbocycles. The fourth-order valence-corrected chi connectivity index (χ4v) is 3.30. The van der Waals surface area contributed by atoms with Crippen LogP contribution in [-0.2, 0) is 23.1 Å². The summed E-state index contributed by atoms with van der Waals surface area (Å²) in [5.74, 6) is -1.01. The Morgan fingerprint density at radius 3 is 2.50 bits per heavy atom. The van der Waals surface area contributed by atoms with Gasteiger partial charge < -0.3 is 9.88 Å². The summed E-state index contributed by atoms with van der Waals surface area (Å²) in [4.78, 5) is 37.9. The van der Waals surface area contributed by atoms with E-state index in [1.807, 2.05) is 25.3 Å². The van der Waals surface area contributed by atoms with Crippen molar-refractivity contribution in [1.29, 1.82) is 0 Å². The minimum Gasteiger partial charge on any atom is -0.326 e. The maximum atomic E-state index is 13.3. The Morgan fingerprint density at radius 1 is 1.06 bits per heavy atom. The van der Waals surface area contributed by atoms with Gasteiger partial charge in [0.25, 0.3) is 0 Å². The summed E-state index contributed by atoms with van der Waals surface area (Å²) < 4.78 is 40.6. The van der Waals surface area contributed by atoms with Crippen LogP contribution in [0.25, 0.3) is 11.0 Å². The second-order valence-electron chi connectivity index (χ2n) is 8.48. The molecule has 0 saturated heterocycles. The molecule has 13 heteroatoms. The third kappa shape index (κ3) is 4.63. The number of halogens is 3. The molecule has 0 radical (unpaired) electrons. The number of rotatable bonds is 5. The summed E-state index contributed by atoms with van der Waals surface area (Å²) in [6.07, 6.45) is 3.32. The molecule has 0 bridgehead atoms. The second kappa shape index (κ2) is 8.32. The van der Waals surface area contributed by atoms with Crippen LogP contribution < -0.4 is 5.32 Å². The highest BCUT2D eigenvalue weighted by molar-refractivity contribution is 6.16. The van der Waals surface area contributed by atoms with E-state index < -0.39 is 24.3 Å². The first-order chi connectivity index (χ1) is 15.9. The molecular weight excluding hydrogens is 453 g/mol. The third-order valence-corrected chi connectivity index (χ3v) is 4.85. The van der Waals surface area contributed by atoms with E-state index in [1.165, 1.54) is 24.8 Å². The van der Waals surface area contributed by atoms with Gasteiger partial charge in [-0.05, 0) is 26.8 Å². The van der Waals surface area contributed by atoms with Crippen LogP contribution in [0.4, 0.5) is 18.9 Å². The van der Waals surface area contributed by atoms with Crippen LogP contribution in [0.2, 0.25) is 0 Å². The molecular formula is C21H19F3N8O2. The summed E-state index contributed by atoms with van der Waals surface area (Å²) in [6.45, 7) is 5.44. The minimum absolute atomic E-state index is 0.197. The van der Waals surface area contributed by atoms with Gasteiger partial charge in [0.05, 0.1) is 23.6 Å². The van der Waals surface area contributed by atoms with Crippen molar-refractivity contribution < 1.29 is 22.8 Å². The number of alkyl halides is 3. The van der Waals surface area contributed by atoms with E-state index in [2.05, 4.69) is 30.6 Å². The molecule has 4 rings (SSSR count). The Morgan fingerprint density at radius 2 is 1.82 bits per heavy atom. The Balaban J connectivity index is 1.56. The first kappa shape index (κ1) is 23.0. The molecule has 0 atom stereocenters. The molecule has 10 nitrogen and oxygen atoms in total. The summed E-state index contributed by atoms with van der Waals surface area (Å²) in [5, 5.41) is 9.37. The average molecular weight is 472 g/mol. The van der Waals surface area contributed by atoms with Crippen molar-refractivity contribution in [3.05, 3.63) is 60.2 Å². The van der Waals surface area contributed by atoms with E-state index >= 15 is 0 Å². The van der Waals surface area contributed by atoms with Crippen molar-refractivity contribution in [3.63, 3.8) is 0 Å². The van der Waals surface area contributed by atoms with Gasteiger partial charge in [0.1, 0.15) is 18.5 Å². The topological polar surface area (TPSA) is 120 Å². The first-order valence-corrected chi connectivity index (χ1v) is 10.0. The van der Waals surface area contributed by atoms with E-state index in [0.29, 0.717) is 22.8 Å². The number of nitrogens with one attached hydrogen (secondary N) is 1. The first-order valence-electron chi connectivity index (χ1n) is 10.0. The number of carbonyl (C=O) groups excluding carboxylic acids is 2. The highest BCUT2D eigenvalue weighted by Crippen LogP contribution is 2.28. The predicted octanol–water partition coefficient (Wildman–Crippen LogP) is 3.06. The van der Waals surface area contributed by atoms with E-state index in [-0.39, 0.29) is 22.6 Å². The van der Waals surface area contributed by atoms with Crippen molar-refractivity contribution in [3.8, 4) is 0 Å². The maximum absolute atomic E-state index is 13.3. The average Bonchev–Trinajstić information content (AvgIpc) is 3.38. The molecule has 0 spiro atoms. The quantitative estimate of drug-likeness (QED) is 0.443. The molecule has 176 valence electrons. The van der Waals surface area contributed by atoms with E-state index in [9.17, 15) is 22.8 Å². The Hall–Kier alpha value is -4.16. The van der Waals surface area contributed by atoms with Crippen LogP contribution in [-0.4, -0.2) is 46.2 Å². The lowest BCUT2D eigenvalue weighted by Gasteiger charge is -2.21. The normalized spacial score (nSPS) is 12.2. The van der Waals surface area contributed by atoms with Crippen LogP contribution in [0.15, 0.2) is 43.4 Å². The number of anilines is 1. The summed E-state index contributed by atoms with van der Waals surface area (Å²) >= 11 is 0. The lowest BCUT2D eigenvalue weighted by atomic mass is 10.1. The van der Waals surface area contributed by atoms with Crippen molar-refractivity contribution in [2.45, 2.75) is 39.0 Å². The van der Waals surface area contributed by atoms with E-state index in [1.54, 1.807) is 12.4 Å². The van der Waals surface area contributed by atoms with Crippen LogP contribution in [0.5, 0.6) is 0 Å². The van der Waals surface area contributed by atoms with Gasteiger partial charge in [0, 0.05) is 35.1 Å². The molecule has 1 amide bonds. The number of nitrogens with zero attached hydrogens (tertiary/aromatic N) is 7. The van der Waals surface area contributed by atoms with Gasteiger partial charge in [-0.1, -0.05) is 5.21 Å². The zero-order valence-electron chi connectivity index (χ0n) is 18.3. The van der Waals surface area contributed by atoms with Crippen LogP contribution in [0.1, 0.15) is 42.4 Å². The minimum atomic E-state index is -4.66. The van der Waals surface area contributed by atoms with Gasteiger partial charge >= 0.3 is 6.18 Å². The molecule has 0 aliphatic heterocycles. The number of fused-ring (bicyclic) bond motifs is 1. The van der Waals surface area contributed by atoms with Gasteiger partial charge in [0.2, 0.25) is 5.91 Å². The lowest BCUT2D eigenvalue weighted by molar-refractivity contribution is -0.141. The molecule has 0 aliphatic rings. The van der Waals surface area contributed by atoms with E-state index in [0.717, 1.165) is 4.68 Å². The number of ketones is 1. The fourth-order valence-electron chi connectivity index (χ4n) is 3.30. The number of hydrogen-bond acceptors (Lipinski definition) is 7. The third-order valence-electron chi connectivity index (χ3n) is 4.85. The molecule has 4 heterocycles. The molecule has 1 N–H and O–H groups in total. The number of pyridine rings is 1. The lowest BCUT2D eigenvalue weighted by Crippen LogP contribution is -2.21. The van der Waals surface area contributed by atoms with Crippen LogP contribution in [0.3, 0.4) is 0 Å². The highest BCUT2D eigenvalue weighted by Gasteiger charge is 2.34. The Labute approximate surface area is 190 Å². The Bertz CT molecular complexity index is 1380. The largest absolute Gasteiger partial charge is 0.436 e. The molecule has 0 fully saturated rings. The molecule has 4 aromatic heterocycles. The number of amides is 1. The standard InChI is InChI=1S/C21H19F3N8O2/c1-20(2,3)32-8-15(14-7-26-11-27-19(14)32)18(34)12-4-13(6-25-5-12)28-17(33)10-31-9-16(29-30-31)21(22,23)24/h4-9,11H,10H2,1-3H3,(H,28,33). The van der Waals surface area contributed by atoms with Crippen molar-refractivity contribution in [1.82, 2.24) is 34.5 Å². The second-order valence-corrected chi connectivity index (χ2v) is 8.48. The molecule has 34 heavy (non-hydrogen) atoms.